The minimum atomic E-state index is -1.26. The van der Waals surface area contributed by atoms with E-state index in [1.54, 1.807) is 6.92 Å². The fraction of sp³-hybridized carbons (Fsp3) is 0.231. The molecule has 0 aliphatic heterocycles. The van der Waals surface area contributed by atoms with E-state index < -0.39 is 23.2 Å². The van der Waals surface area contributed by atoms with Crippen LogP contribution in [0.2, 0.25) is 0 Å². The van der Waals surface area contributed by atoms with Crippen LogP contribution in [0.4, 0.5) is 13.2 Å². The second-order valence-electron chi connectivity index (χ2n) is 7.13. The van der Waals surface area contributed by atoms with Crippen LogP contribution in [0.3, 0.4) is 0 Å². The summed E-state index contributed by atoms with van der Waals surface area (Å²) in [5.74, 6) is -3.01. The monoisotopic (exact) mass is 416 g/mol. The third-order valence-electron chi connectivity index (χ3n) is 4.20. The Morgan fingerprint density at radius 3 is 1.87 bits per heavy atom. The van der Waals surface area contributed by atoms with Crippen molar-refractivity contribution in [2.24, 2.45) is 5.92 Å². The first kappa shape index (κ1) is 27.0. The molecule has 0 atom stereocenters. The van der Waals surface area contributed by atoms with Gasteiger partial charge in [-0.2, -0.15) is 4.39 Å². The molecule has 0 aromatic heterocycles. The first-order valence-electron chi connectivity index (χ1n) is 9.30. The summed E-state index contributed by atoms with van der Waals surface area (Å²) in [6, 6.07) is 0. The molecule has 0 aromatic carbocycles. The molecule has 0 unspecified atom stereocenters. The zero-order chi connectivity index (χ0) is 23.6. The summed E-state index contributed by atoms with van der Waals surface area (Å²) in [6.07, 6.45) is 6.83. The van der Waals surface area contributed by atoms with Crippen LogP contribution in [0.1, 0.15) is 27.2 Å². The average Bonchev–Trinajstić information content (AvgIpc) is 2.72. The normalized spacial score (nSPS) is 13.2. The smallest absolute Gasteiger partial charge is 0.200 e. The van der Waals surface area contributed by atoms with Crippen molar-refractivity contribution in [3.8, 4) is 0 Å². The lowest BCUT2D eigenvalue weighted by Crippen LogP contribution is -1.93. The predicted octanol–water partition coefficient (Wildman–Crippen LogP) is 8.48. The number of hydrogen-bond acceptors (Lipinski definition) is 1. The average molecular weight is 417 g/mol. The third kappa shape index (κ3) is 8.56. The van der Waals surface area contributed by atoms with Gasteiger partial charge in [-0.1, -0.05) is 71.5 Å². The van der Waals surface area contributed by atoms with Gasteiger partial charge in [0.05, 0.1) is 7.11 Å². The lowest BCUT2D eigenvalue weighted by Gasteiger charge is -2.08. The zero-order valence-corrected chi connectivity index (χ0v) is 18.4. The molecule has 0 saturated carbocycles. The Kier molecular flexibility index (Phi) is 11.3. The molecule has 162 valence electrons. The van der Waals surface area contributed by atoms with Crippen LogP contribution in [-0.4, -0.2) is 7.11 Å². The highest BCUT2D eigenvalue weighted by Gasteiger charge is 2.15. The van der Waals surface area contributed by atoms with E-state index >= 15 is 0 Å². The Hall–Kier alpha value is -3.01. The van der Waals surface area contributed by atoms with E-state index in [2.05, 4.69) is 58.1 Å². The first-order chi connectivity index (χ1) is 13.8. The van der Waals surface area contributed by atoms with Crippen LogP contribution in [0.15, 0.2) is 120 Å². The zero-order valence-electron chi connectivity index (χ0n) is 18.4. The van der Waals surface area contributed by atoms with Crippen molar-refractivity contribution >= 4 is 0 Å². The lowest BCUT2D eigenvalue weighted by molar-refractivity contribution is 0.281. The largest absolute Gasteiger partial charge is 0.494 e. The van der Waals surface area contributed by atoms with Gasteiger partial charge in [0.1, 0.15) is 11.6 Å². The highest BCUT2D eigenvalue weighted by molar-refractivity contribution is 5.53. The fourth-order valence-corrected chi connectivity index (χ4v) is 1.95. The van der Waals surface area contributed by atoms with Crippen molar-refractivity contribution in [2.45, 2.75) is 27.2 Å². The molecule has 0 bridgehead atoms. The molecule has 0 aromatic rings. The maximum Gasteiger partial charge on any atom is 0.200 e. The summed E-state index contributed by atoms with van der Waals surface area (Å²) >= 11 is 0. The van der Waals surface area contributed by atoms with Crippen LogP contribution in [0.25, 0.3) is 0 Å². The highest BCUT2D eigenvalue weighted by Crippen LogP contribution is 2.27. The standard InChI is InChI=1S/C26H31F3O/c1-16(2)11-12-18(4)21(7)24(27)15-20(6)17(3)13-14-19(5)22(8)25(28)26(29)23(9)30-10/h12-16H,3,5-9,11H2,1-2,4,10H3/b14-13-,18-12+,24-15+,26-25-. The molecule has 0 aliphatic rings. The Morgan fingerprint density at radius 2 is 1.37 bits per heavy atom. The SMILES string of the molecule is C=C(/C=C\C(=C)C(=C)/C(F)=C(/F)C(=C)OC)C(=C)/C=C(/F)C(=C)/C(C)=C/CC(C)C. The molecular formula is C26H31F3O. The van der Waals surface area contributed by atoms with Gasteiger partial charge >= 0.3 is 0 Å². The van der Waals surface area contributed by atoms with Crippen molar-refractivity contribution in [3.05, 3.63) is 120 Å². The first-order valence-corrected chi connectivity index (χ1v) is 9.30. The molecule has 1 nitrogen and oxygen atoms in total. The third-order valence-corrected chi connectivity index (χ3v) is 4.20. The molecule has 4 heteroatoms. The van der Waals surface area contributed by atoms with Gasteiger partial charge in [0.15, 0.2) is 5.83 Å². The maximum atomic E-state index is 14.5. The van der Waals surface area contributed by atoms with Crippen molar-refractivity contribution in [3.63, 3.8) is 0 Å². The number of ether oxygens (including phenoxy) is 1. The van der Waals surface area contributed by atoms with Crippen LogP contribution >= 0.6 is 0 Å². The second-order valence-corrected chi connectivity index (χ2v) is 7.13. The van der Waals surface area contributed by atoms with E-state index in [4.69, 9.17) is 0 Å². The number of halogens is 3. The van der Waals surface area contributed by atoms with Crippen LogP contribution in [-0.2, 0) is 4.74 Å². The van der Waals surface area contributed by atoms with Gasteiger partial charge in [-0.15, -0.1) is 0 Å². The van der Waals surface area contributed by atoms with E-state index in [1.165, 1.54) is 25.3 Å². The summed E-state index contributed by atoms with van der Waals surface area (Å²) < 4.78 is 46.9. The highest BCUT2D eigenvalue weighted by atomic mass is 19.2. The quantitative estimate of drug-likeness (QED) is 0.229. The van der Waals surface area contributed by atoms with Crippen molar-refractivity contribution in [1.29, 1.82) is 0 Å². The molecule has 0 N–H and O–H groups in total. The summed E-state index contributed by atoms with van der Waals surface area (Å²) in [5.41, 5.74) is 1.51. The summed E-state index contributed by atoms with van der Waals surface area (Å²) in [4.78, 5) is 0. The predicted molar refractivity (Wildman–Crippen MR) is 123 cm³/mol. The van der Waals surface area contributed by atoms with Crippen LogP contribution in [0.5, 0.6) is 0 Å². The van der Waals surface area contributed by atoms with Gasteiger partial charge in [-0.05, 0) is 47.6 Å². The molecule has 0 saturated heterocycles. The molecule has 0 fully saturated rings. The molecular weight excluding hydrogens is 385 g/mol. The molecule has 0 aliphatic carbocycles. The van der Waals surface area contributed by atoms with E-state index in [9.17, 15) is 13.2 Å². The van der Waals surface area contributed by atoms with E-state index in [0.717, 1.165) is 12.0 Å². The second kappa shape index (κ2) is 12.5. The van der Waals surface area contributed by atoms with Crippen LogP contribution < -0.4 is 0 Å². The van der Waals surface area contributed by atoms with Crippen molar-refractivity contribution < 1.29 is 17.9 Å². The lowest BCUT2D eigenvalue weighted by atomic mass is 10.0. The molecule has 0 radical (unpaired) electrons. The topological polar surface area (TPSA) is 9.23 Å². The van der Waals surface area contributed by atoms with E-state index in [1.807, 2.05) is 6.08 Å². The number of allylic oxidation sites excluding steroid dienone is 13. The summed E-state index contributed by atoms with van der Waals surface area (Å²) in [7, 11) is 1.17. The van der Waals surface area contributed by atoms with Gasteiger partial charge in [-0.3, -0.25) is 0 Å². The minimum absolute atomic E-state index is 0.0989. The van der Waals surface area contributed by atoms with Gasteiger partial charge in [0, 0.05) is 11.1 Å². The molecule has 0 spiro atoms. The Labute approximate surface area is 179 Å². The Bertz CT molecular complexity index is 874. The number of hydrogen-bond donors (Lipinski definition) is 0. The van der Waals surface area contributed by atoms with Gasteiger partial charge in [0.2, 0.25) is 5.83 Å². The molecule has 0 rings (SSSR count). The van der Waals surface area contributed by atoms with E-state index in [-0.39, 0.29) is 16.7 Å². The van der Waals surface area contributed by atoms with Gasteiger partial charge in [0.25, 0.3) is 0 Å². The fourth-order valence-electron chi connectivity index (χ4n) is 1.95. The minimum Gasteiger partial charge on any atom is -0.494 e. The van der Waals surface area contributed by atoms with Crippen LogP contribution in [0, 0.1) is 5.92 Å². The van der Waals surface area contributed by atoms with Gasteiger partial charge < -0.3 is 4.74 Å². The van der Waals surface area contributed by atoms with Gasteiger partial charge in [-0.25, -0.2) is 8.78 Å². The molecule has 0 heterocycles. The Balaban J connectivity index is 5.25. The summed E-state index contributed by atoms with van der Waals surface area (Å²) in [6.45, 7) is 27.7. The number of rotatable bonds is 12. The van der Waals surface area contributed by atoms with Crippen molar-refractivity contribution in [2.75, 3.05) is 7.11 Å². The maximum absolute atomic E-state index is 14.5. The Morgan fingerprint density at radius 1 is 0.833 bits per heavy atom. The number of methoxy groups -OCH3 is 1. The summed E-state index contributed by atoms with van der Waals surface area (Å²) in [5, 5.41) is 0. The molecule has 30 heavy (non-hydrogen) atoms. The molecule has 0 amide bonds. The van der Waals surface area contributed by atoms with E-state index in [0.29, 0.717) is 17.1 Å². The van der Waals surface area contributed by atoms with Crippen molar-refractivity contribution in [1.82, 2.24) is 0 Å².